The van der Waals surface area contributed by atoms with Crippen molar-refractivity contribution >= 4 is 29.0 Å². The van der Waals surface area contributed by atoms with E-state index in [2.05, 4.69) is 40.8 Å². The van der Waals surface area contributed by atoms with Crippen LogP contribution in [-0.2, 0) is 7.05 Å². The van der Waals surface area contributed by atoms with Crippen LogP contribution in [0.2, 0.25) is 0 Å². The van der Waals surface area contributed by atoms with E-state index >= 15 is 0 Å². The first-order valence-electron chi connectivity index (χ1n) is 8.70. The van der Waals surface area contributed by atoms with Crippen LogP contribution >= 0.6 is 0 Å². The molecule has 148 valence electrons. The van der Waals surface area contributed by atoms with Crippen molar-refractivity contribution in [2.45, 2.75) is 13.0 Å². The molecule has 29 heavy (non-hydrogen) atoms. The van der Waals surface area contributed by atoms with Gasteiger partial charge in [-0.2, -0.15) is 5.10 Å². The summed E-state index contributed by atoms with van der Waals surface area (Å²) in [6, 6.07) is 1.21. The monoisotopic (exact) mass is 394 g/mol. The van der Waals surface area contributed by atoms with Gasteiger partial charge in [-0.3, -0.25) is 9.48 Å². The third-order valence-electron chi connectivity index (χ3n) is 4.40. The minimum atomic E-state index is -0.466. The van der Waals surface area contributed by atoms with Crippen LogP contribution in [0, 0.1) is 5.41 Å². The molecule has 0 aliphatic carbocycles. The zero-order chi connectivity index (χ0) is 20.5. The normalized spacial score (nSPS) is 12.1. The van der Waals surface area contributed by atoms with Crippen molar-refractivity contribution in [3.8, 4) is 11.5 Å². The van der Waals surface area contributed by atoms with Crippen LogP contribution < -0.4 is 10.6 Å². The van der Waals surface area contributed by atoms with Gasteiger partial charge in [-0.05, 0) is 6.92 Å². The Labute approximate surface area is 164 Å². The Morgan fingerprint density at radius 3 is 2.97 bits per heavy atom. The van der Waals surface area contributed by atoms with Crippen LogP contribution in [0.4, 0.5) is 5.82 Å². The minimum Gasteiger partial charge on any atom is -0.371 e. The highest BCUT2D eigenvalue weighted by molar-refractivity contribution is 6.03. The Balaban J connectivity index is 1.55. The van der Waals surface area contributed by atoms with Crippen LogP contribution in [0.3, 0.4) is 0 Å². The van der Waals surface area contributed by atoms with Crippen LogP contribution in [-0.4, -0.2) is 54.0 Å². The van der Waals surface area contributed by atoms with Crippen molar-refractivity contribution in [2.75, 3.05) is 12.4 Å². The first-order chi connectivity index (χ1) is 14.0. The number of aryl methyl sites for hydroxylation is 1. The SMILES string of the molecule is CNc1nc(-c2cc([C@@H](C)NC(=O)c3ncnc4c3cnn4C)on2)[nH]c1C=N. The molecular weight excluding hydrogens is 376 g/mol. The Hall–Kier alpha value is -4.09. The number of hydrogen-bond donors (Lipinski definition) is 4. The number of H-pyrrole nitrogens is 1. The van der Waals surface area contributed by atoms with Gasteiger partial charge in [0.1, 0.15) is 23.4 Å². The van der Waals surface area contributed by atoms with Crippen molar-refractivity contribution in [1.29, 1.82) is 5.41 Å². The summed E-state index contributed by atoms with van der Waals surface area (Å²) in [4.78, 5) is 28.2. The molecular formula is C17H18N10O2. The van der Waals surface area contributed by atoms with Gasteiger partial charge in [-0.15, -0.1) is 0 Å². The zero-order valence-corrected chi connectivity index (χ0v) is 15.9. The lowest BCUT2D eigenvalue weighted by molar-refractivity contribution is 0.0930. The summed E-state index contributed by atoms with van der Waals surface area (Å²) < 4.78 is 6.95. The second-order valence-electron chi connectivity index (χ2n) is 6.28. The molecule has 4 heterocycles. The number of carbonyl (C=O) groups is 1. The Morgan fingerprint density at radius 2 is 2.24 bits per heavy atom. The molecule has 4 aromatic heterocycles. The van der Waals surface area contributed by atoms with E-state index < -0.39 is 6.04 Å². The molecule has 0 saturated heterocycles. The lowest BCUT2D eigenvalue weighted by Crippen LogP contribution is -2.27. The molecule has 0 unspecified atom stereocenters. The highest BCUT2D eigenvalue weighted by atomic mass is 16.5. The lowest BCUT2D eigenvalue weighted by atomic mass is 10.2. The highest BCUT2D eigenvalue weighted by Crippen LogP contribution is 2.23. The van der Waals surface area contributed by atoms with E-state index in [1.165, 1.54) is 6.33 Å². The number of aromatic amines is 1. The van der Waals surface area contributed by atoms with Crippen LogP contribution in [0.5, 0.6) is 0 Å². The van der Waals surface area contributed by atoms with Gasteiger partial charge < -0.3 is 25.5 Å². The van der Waals surface area contributed by atoms with E-state index in [9.17, 15) is 4.79 Å². The van der Waals surface area contributed by atoms with E-state index in [0.717, 1.165) is 6.21 Å². The second kappa shape index (κ2) is 7.14. The molecule has 0 fully saturated rings. The summed E-state index contributed by atoms with van der Waals surface area (Å²) >= 11 is 0. The van der Waals surface area contributed by atoms with Crippen molar-refractivity contribution in [2.24, 2.45) is 7.05 Å². The predicted molar refractivity (Wildman–Crippen MR) is 104 cm³/mol. The van der Waals surface area contributed by atoms with Gasteiger partial charge in [0.05, 0.1) is 17.6 Å². The number of rotatable bonds is 6. The largest absolute Gasteiger partial charge is 0.371 e. The van der Waals surface area contributed by atoms with Gasteiger partial charge in [0, 0.05) is 26.4 Å². The molecule has 4 aromatic rings. The Morgan fingerprint density at radius 1 is 1.41 bits per heavy atom. The van der Waals surface area contributed by atoms with Crippen molar-refractivity contribution in [3.05, 3.63) is 35.7 Å². The fraction of sp³-hybridized carbons (Fsp3) is 0.235. The van der Waals surface area contributed by atoms with Crippen molar-refractivity contribution in [3.63, 3.8) is 0 Å². The maximum atomic E-state index is 12.7. The fourth-order valence-electron chi connectivity index (χ4n) is 2.89. The van der Waals surface area contributed by atoms with Gasteiger partial charge in [0.25, 0.3) is 5.91 Å². The number of carbonyl (C=O) groups excluding carboxylic acids is 1. The fourth-order valence-corrected chi connectivity index (χ4v) is 2.89. The van der Waals surface area contributed by atoms with Gasteiger partial charge in [-0.1, -0.05) is 5.16 Å². The zero-order valence-electron chi connectivity index (χ0n) is 15.9. The Kier molecular flexibility index (Phi) is 4.50. The van der Waals surface area contributed by atoms with Gasteiger partial charge in [0.2, 0.25) is 0 Å². The van der Waals surface area contributed by atoms with Crippen molar-refractivity contribution < 1.29 is 9.32 Å². The minimum absolute atomic E-state index is 0.231. The quantitative estimate of drug-likeness (QED) is 0.355. The van der Waals surface area contributed by atoms with Gasteiger partial charge in [-0.25, -0.2) is 15.0 Å². The molecule has 0 aliphatic heterocycles. The van der Waals surface area contributed by atoms with Crippen LogP contribution in [0.1, 0.15) is 34.9 Å². The first-order valence-corrected chi connectivity index (χ1v) is 8.70. The molecule has 0 radical (unpaired) electrons. The molecule has 4 rings (SSSR count). The lowest BCUT2D eigenvalue weighted by Gasteiger charge is -2.10. The smallest absolute Gasteiger partial charge is 0.271 e. The number of amides is 1. The molecule has 12 nitrogen and oxygen atoms in total. The maximum Gasteiger partial charge on any atom is 0.271 e. The van der Waals surface area contributed by atoms with E-state index in [0.29, 0.717) is 39.8 Å². The number of nitrogens with zero attached hydrogens (tertiary/aromatic N) is 6. The summed E-state index contributed by atoms with van der Waals surface area (Å²) in [5, 5.41) is 21.8. The molecule has 0 saturated carbocycles. The molecule has 0 aromatic carbocycles. The molecule has 12 heteroatoms. The van der Waals surface area contributed by atoms with Crippen LogP contribution in [0.15, 0.2) is 23.1 Å². The van der Waals surface area contributed by atoms with E-state index in [-0.39, 0.29) is 11.6 Å². The summed E-state index contributed by atoms with van der Waals surface area (Å²) in [5.74, 6) is 1.06. The third kappa shape index (κ3) is 3.20. The molecule has 1 amide bonds. The van der Waals surface area contributed by atoms with Gasteiger partial charge in [0.15, 0.2) is 23.0 Å². The number of imidazole rings is 1. The van der Waals surface area contributed by atoms with E-state index in [1.807, 2.05) is 0 Å². The first kappa shape index (κ1) is 18.3. The summed E-state index contributed by atoms with van der Waals surface area (Å²) in [5.41, 5.74) is 1.79. The number of anilines is 1. The standard InChI is InChI=1S/C17H18N10O2/c1-8(23-17(28)13-9-6-22-27(3)16(9)21-7-20-13)12-4-10(26-29-12)15-24-11(5-18)14(19-2)25-15/h4-8,18-19H,1-3H3,(H,23,28)(H,24,25)/t8-/m1/s1. The second-order valence-corrected chi connectivity index (χ2v) is 6.28. The summed E-state index contributed by atoms with van der Waals surface area (Å²) in [7, 11) is 3.46. The summed E-state index contributed by atoms with van der Waals surface area (Å²) in [6.07, 6.45) is 4.04. The highest BCUT2D eigenvalue weighted by Gasteiger charge is 2.21. The number of nitrogens with one attached hydrogen (secondary N) is 4. The third-order valence-corrected chi connectivity index (χ3v) is 4.40. The average molecular weight is 394 g/mol. The predicted octanol–water partition coefficient (Wildman–Crippen LogP) is 1.27. The molecule has 0 aliphatic rings. The Bertz CT molecular complexity index is 1200. The summed E-state index contributed by atoms with van der Waals surface area (Å²) in [6.45, 7) is 1.77. The maximum absolute atomic E-state index is 12.7. The van der Waals surface area contributed by atoms with Crippen LogP contribution in [0.25, 0.3) is 22.6 Å². The topological polar surface area (TPSA) is 163 Å². The van der Waals surface area contributed by atoms with E-state index in [1.54, 1.807) is 38.0 Å². The van der Waals surface area contributed by atoms with Crippen molar-refractivity contribution in [1.82, 2.24) is 40.2 Å². The number of fused-ring (bicyclic) bond motifs is 1. The number of aromatic nitrogens is 7. The molecule has 4 N–H and O–H groups in total. The molecule has 0 spiro atoms. The number of hydrogen-bond acceptors (Lipinski definition) is 9. The molecule has 1 atom stereocenters. The van der Waals surface area contributed by atoms with Gasteiger partial charge >= 0.3 is 0 Å². The van der Waals surface area contributed by atoms with E-state index in [4.69, 9.17) is 9.93 Å². The molecule has 0 bridgehead atoms. The average Bonchev–Trinajstić information content (AvgIpc) is 3.45.